The van der Waals surface area contributed by atoms with Crippen LogP contribution in [0.1, 0.15) is 12.0 Å². The summed E-state index contributed by atoms with van der Waals surface area (Å²) in [4.78, 5) is 28.3. The SMILES string of the molecule is COc1cc(/C=C/C(=O)N2CCC=C(C#CCN(C)C)C2=O)cc(OC)c1OC. The number of ether oxygens (including phenoxy) is 3. The maximum atomic E-state index is 12.6. The minimum absolute atomic E-state index is 0.329. The fourth-order valence-electron chi connectivity index (χ4n) is 2.73. The highest BCUT2D eigenvalue weighted by molar-refractivity contribution is 6.11. The van der Waals surface area contributed by atoms with Crippen molar-refractivity contribution < 1.29 is 23.8 Å². The first-order chi connectivity index (χ1) is 13.9. The lowest BCUT2D eigenvalue weighted by molar-refractivity contribution is -0.139. The zero-order chi connectivity index (χ0) is 21.4. The predicted octanol–water partition coefficient (Wildman–Crippen LogP) is 1.98. The normalized spacial score (nSPS) is 13.8. The first-order valence-corrected chi connectivity index (χ1v) is 9.09. The average Bonchev–Trinajstić information content (AvgIpc) is 2.72. The van der Waals surface area contributed by atoms with Crippen molar-refractivity contribution in [3.8, 4) is 29.1 Å². The molecule has 1 aromatic rings. The first-order valence-electron chi connectivity index (χ1n) is 9.09. The predicted molar refractivity (Wildman–Crippen MR) is 111 cm³/mol. The van der Waals surface area contributed by atoms with Gasteiger partial charge in [0.05, 0.1) is 33.4 Å². The Morgan fingerprint density at radius 1 is 1.17 bits per heavy atom. The summed E-state index contributed by atoms with van der Waals surface area (Å²) in [5.74, 6) is 6.45. The van der Waals surface area contributed by atoms with Gasteiger partial charge in [-0.3, -0.25) is 19.4 Å². The van der Waals surface area contributed by atoms with Crippen LogP contribution in [0.5, 0.6) is 17.2 Å². The Labute approximate surface area is 171 Å². The van der Waals surface area contributed by atoms with Gasteiger partial charge in [-0.15, -0.1) is 0 Å². The molecule has 0 radical (unpaired) electrons. The van der Waals surface area contributed by atoms with Crippen LogP contribution in [0.2, 0.25) is 0 Å². The molecule has 29 heavy (non-hydrogen) atoms. The van der Waals surface area contributed by atoms with Crippen LogP contribution in [0.3, 0.4) is 0 Å². The zero-order valence-electron chi connectivity index (χ0n) is 17.4. The molecule has 0 aliphatic carbocycles. The Balaban J connectivity index is 2.17. The maximum Gasteiger partial charge on any atom is 0.268 e. The lowest BCUT2D eigenvalue weighted by Gasteiger charge is -2.22. The third-order valence-electron chi connectivity index (χ3n) is 4.17. The number of hydrogen-bond acceptors (Lipinski definition) is 6. The summed E-state index contributed by atoms with van der Waals surface area (Å²) in [5, 5.41) is 0. The lowest BCUT2D eigenvalue weighted by atomic mass is 10.1. The second-order valence-electron chi connectivity index (χ2n) is 6.53. The van der Waals surface area contributed by atoms with Gasteiger partial charge >= 0.3 is 0 Å². The van der Waals surface area contributed by atoms with Gasteiger partial charge in [0.1, 0.15) is 0 Å². The van der Waals surface area contributed by atoms with E-state index < -0.39 is 5.91 Å². The summed E-state index contributed by atoms with van der Waals surface area (Å²) in [6, 6.07) is 3.45. The highest BCUT2D eigenvalue weighted by Gasteiger charge is 2.25. The number of amides is 2. The molecule has 0 spiro atoms. The molecule has 1 aromatic carbocycles. The van der Waals surface area contributed by atoms with Crippen LogP contribution in [0.25, 0.3) is 6.08 Å². The molecule has 1 aliphatic heterocycles. The van der Waals surface area contributed by atoms with Gasteiger partial charge in [-0.25, -0.2) is 0 Å². The Morgan fingerprint density at radius 2 is 1.83 bits per heavy atom. The number of carbonyl (C=O) groups excluding carboxylic acids is 2. The van der Waals surface area contributed by atoms with E-state index in [0.29, 0.717) is 47.9 Å². The molecular formula is C22H26N2O5. The van der Waals surface area contributed by atoms with E-state index in [2.05, 4.69) is 11.8 Å². The van der Waals surface area contributed by atoms with Crippen LogP contribution in [0.4, 0.5) is 0 Å². The summed E-state index contributed by atoms with van der Waals surface area (Å²) in [5.41, 5.74) is 1.03. The van der Waals surface area contributed by atoms with E-state index in [1.54, 1.807) is 24.3 Å². The van der Waals surface area contributed by atoms with Crippen LogP contribution < -0.4 is 14.2 Å². The number of nitrogens with zero attached hydrogens (tertiary/aromatic N) is 2. The molecule has 0 aromatic heterocycles. The van der Waals surface area contributed by atoms with Crippen molar-refractivity contribution in [2.45, 2.75) is 6.42 Å². The number of rotatable bonds is 6. The lowest BCUT2D eigenvalue weighted by Crippen LogP contribution is -2.39. The van der Waals surface area contributed by atoms with E-state index in [4.69, 9.17) is 14.2 Å². The molecule has 0 bridgehead atoms. The number of carbonyl (C=O) groups is 2. The van der Waals surface area contributed by atoms with E-state index in [-0.39, 0.29) is 5.91 Å². The fourth-order valence-corrected chi connectivity index (χ4v) is 2.73. The molecule has 7 heteroatoms. The average molecular weight is 398 g/mol. The van der Waals surface area contributed by atoms with E-state index in [0.717, 1.165) is 0 Å². The summed E-state index contributed by atoms with van der Waals surface area (Å²) in [6.45, 7) is 0.871. The Hall–Kier alpha value is -3.24. The molecule has 0 unspecified atom stereocenters. The minimum Gasteiger partial charge on any atom is -0.493 e. The van der Waals surface area contributed by atoms with Gasteiger partial charge in [-0.2, -0.15) is 0 Å². The van der Waals surface area contributed by atoms with Crippen LogP contribution in [0.15, 0.2) is 29.9 Å². The standard InChI is InChI=1S/C22H26N2O5/c1-23(2)12-6-8-17-9-7-13-24(22(17)26)20(25)11-10-16-14-18(27-3)21(29-5)19(15-16)28-4/h9-11,14-15H,7,12-13H2,1-5H3/b11-10+. The highest BCUT2D eigenvalue weighted by Crippen LogP contribution is 2.38. The number of hydrogen-bond donors (Lipinski definition) is 0. The highest BCUT2D eigenvalue weighted by atomic mass is 16.5. The molecular weight excluding hydrogens is 372 g/mol. The van der Waals surface area contributed by atoms with Crippen LogP contribution >= 0.6 is 0 Å². The number of benzene rings is 1. The molecule has 154 valence electrons. The molecule has 0 atom stereocenters. The van der Waals surface area contributed by atoms with Gasteiger partial charge in [0.25, 0.3) is 11.8 Å². The summed E-state index contributed by atoms with van der Waals surface area (Å²) in [7, 11) is 8.36. The Morgan fingerprint density at radius 3 is 2.38 bits per heavy atom. The van der Waals surface area contributed by atoms with Crippen molar-refractivity contribution in [3.63, 3.8) is 0 Å². The largest absolute Gasteiger partial charge is 0.493 e. The summed E-state index contributed by atoms with van der Waals surface area (Å²) in [6.07, 6.45) is 5.32. The second-order valence-corrected chi connectivity index (χ2v) is 6.53. The number of imide groups is 1. The van der Waals surface area contributed by atoms with E-state index in [9.17, 15) is 9.59 Å². The summed E-state index contributed by atoms with van der Waals surface area (Å²) >= 11 is 0. The van der Waals surface area contributed by atoms with E-state index in [1.807, 2.05) is 19.0 Å². The van der Waals surface area contributed by atoms with Crippen molar-refractivity contribution in [1.82, 2.24) is 9.80 Å². The molecule has 2 amide bonds. The van der Waals surface area contributed by atoms with Crippen LogP contribution in [-0.4, -0.2) is 70.1 Å². The first kappa shape index (κ1) is 22.1. The van der Waals surface area contributed by atoms with Crippen molar-refractivity contribution in [3.05, 3.63) is 35.4 Å². The van der Waals surface area contributed by atoms with Crippen molar-refractivity contribution >= 4 is 17.9 Å². The molecule has 1 aliphatic rings. The topological polar surface area (TPSA) is 68.3 Å². The fraction of sp³-hybridized carbons (Fsp3) is 0.364. The second kappa shape index (κ2) is 10.3. The van der Waals surface area contributed by atoms with Gasteiger partial charge in [0.15, 0.2) is 11.5 Å². The molecule has 0 fully saturated rings. The minimum atomic E-state index is -0.399. The van der Waals surface area contributed by atoms with Crippen LogP contribution in [0, 0.1) is 11.8 Å². The molecule has 0 saturated carbocycles. The van der Waals surface area contributed by atoms with Crippen molar-refractivity contribution in [2.24, 2.45) is 0 Å². The third kappa shape index (κ3) is 5.62. The summed E-state index contributed by atoms with van der Waals surface area (Å²) < 4.78 is 15.9. The van der Waals surface area contributed by atoms with Crippen LogP contribution in [-0.2, 0) is 9.59 Å². The van der Waals surface area contributed by atoms with Gasteiger partial charge in [-0.05, 0) is 44.3 Å². The number of methoxy groups -OCH3 is 3. The third-order valence-corrected chi connectivity index (χ3v) is 4.17. The van der Waals surface area contributed by atoms with Gasteiger partial charge in [-0.1, -0.05) is 17.9 Å². The van der Waals surface area contributed by atoms with Gasteiger partial charge < -0.3 is 14.2 Å². The van der Waals surface area contributed by atoms with Gasteiger partial charge in [0.2, 0.25) is 5.75 Å². The Kier molecular flexibility index (Phi) is 7.87. The maximum absolute atomic E-state index is 12.6. The van der Waals surface area contributed by atoms with Crippen molar-refractivity contribution in [2.75, 3.05) is 48.5 Å². The molecule has 0 saturated heterocycles. The molecule has 1 heterocycles. The Bertz CT molecular complexity index is 865. The quantitative estimate of drug-likeness (QED) is 0.539. The molecule has 2 rings (SSSR count). The van der Waals surface area contributed by atoms with E-state index in [1.165, 1.54) is 32.3 Å². The van der Waals surface area contributed by atoms with Crippen molar-refractivity contribution in [1.29, 1.82) is 0 Å². The monoisotopic (exact) mass is 398 g/mol. The van der Waals surface area contributed by atoms with E-state index >= 15 is 0 Å². The smallest absolute Gasteiger partial charge is 0.268 e. The molecule has 7 nitrogen and oxygen atoms in total. The van der Waals surface area contributed by atoms with Gasteiger partial charge in [0, 0.05) is 12.6 Å². The zero-order valence-corrected chi connectivity index (χ0v) is 17.4. The molecule has 0 N–H and O–H groups in total.